The number of rotatable bonds is 4. The Morgan fingerprint density at radius 2 is 1.53 bits per heavy atom. The van der Waals surface area contributed by atoms with Gasteiger partial charge < -0.3 is 9.64 Å². The van der Waals surface area contributed by atoms with Crippen LogP contribution in [0.15, 0.2) is 0 Å². The van der Waals surface area contributed by atoms with Crippen molar-refractivity contribution in [2.24, 2.45) is 5.92 Å². The van der Waals surface area contributed by atoms with Gasteiger partial charge in [-0.1, -0.05) is 41.0 Å². The molecule has 1 aliphatic heterocycles. The molecule has 1 heterocycles. The first-order chi connectivity index (χ1) is 8.24. The molecule has 0 aromatic heterocycles. The van der Waals surface area contributed by atoms with E-state index in [1.54, 1.807) is 0 Å². The van der Waals surface area contributed by atoms with Crippen LogP contribution in [-0.4, -0.2) is 38.3 Å². The van der Waals surface area contributed by atoms with E-state index in [2.05, 4.69) is 32.7 Å². The third-order valence-electron chi connectivity index (χ3n) is 2.54. The van der Waals surface area contributed by atoms with E-state index in [0.29, 0.717) is 0 Å². The van der Waals surface area contributed by atoms with Gasteiger partial charge in [0.25, 0.3) is 0 Å². The Kier molecular flexibility index (Phi) is 18.0. The van der Waals surface area contributed by atoms with Gasteiger partial charge in [-0.15, -0.1) is 0 Å². The van der Waals surface area contributed by atoms with Gasteiger partial charge in [0.2, 0.25) is 0 Å². The highest BCUT2D eigenvalue weighted by Crippen LogP contribution is 2.15. The topological polar surface area (TPSA) is 12.5 Å². The van der Waals surface area contributed by atoms with E-state index in [1.807, 2.05) is 13.8 Å². The van der Waals surface area contributed by atoms with Crippen molar-refractivity contribution in [2.75, 3.05) is 33.4 Å². The summed E-state index contributed by atoms with van der Waals surface area (Å²) in [7, 11) is 2.20. The van der Waals surface area contributed by atoms with Crippen LogP contribution in [0, 0.1) is 5.92 Å². The van der Waals surface area contributed by atoms with Crippen LogP contribution in [0.2, 0.25) is 0 Å². The molecule has 0 aromatic carbocycles. The monoisotopic (exact) mass is 245 g/mol. The molecule has 2 nitrogen and oxygen atoms in total. The molecule has 106 valence electrons. The molecule has 0 N–H and O–H groups in total. The van der Waals surface area contributed by atoms with Crippen LogP contribution in [0.5, 0.6) is 0 Å². The van der Waals surface area contributed by atoms with Crippen molar-refractivity contribution in [2.45, 2.75) is 60.3 Å². The number of nitrogens with zero attached hydrogens (tertiary/aromatic N) is 1. The Balaban J connectivity index is 0. The van der Waals surface area contributed by atoms with Gasteiger partial charge in [0.1, 0.15) is 0 Å². The van der Waals surface area contributed by atoms with Crippen molar-refractivity contribution in [3.8, 4) is 0 Å². The number of ether oxygens (including phenoxy) is 1. The predicted molar refractivity (Wildman–Crippen MR) is 78.6 cm³/mol. The third kappa shape index (κ3) is 13.9. The molecule has 2 heteroatoms. The largest absolute Gasteiger partial charge is 0.381 e. The Labute approximate surface area is 110 Å². The number of hydrogen-bond acceptors (Lipinski definition) is 2. The summed E-state index contributed by atoms with van der Waals surface area (Å²) >= 11 is 0. The Morgan fingerprint density at radius 3 is 1.94 bits per heavy atom. The van der Waals surface area contributed by atoms with Gasteiger partial charge in [-0.2, -0.15) is 0 Å². The standard InChI is InChI=1S/C10H21NO.C3H8.C2H6/c1-3-8-12-9-10-4-6-11(2)7-5-10;1-3-2;1-2/h10H,3-9H2,1-2H3;3H2,1-2H3;1-2H3. The van der Waals surface area contributed by atoms with E-state index < -0.39 is 0 Å². The summed E-state index contributed by atoms with van der Waals surface area (Å²) in [6.07, 6.45) is 5.03. The lowest BCUT2D eigenvalue weighted by atomic mass is 9.98. The summed E-state index contributed by atoms with van der Waals surface area (Å²) in [5, 5.41) is 0. The minimum absolute atomic E-state index is 0.827. The van der Waals surface area contributed by atoms with Crippen molar-refractivity contribution < 1.29 is 4.74 Å². The molecular weight excluding hydrogens is 210 g/mol. The second-order valence-corrected chi connectivity index (χ2v) is 4.53. The average molecular weight is 245 g/mol. The number of piperidine rings is 1. The van der Waals surface area contributed by atoms with Crippen molar-refractivity contribution in [3.63, 3.8) is 0 Å². The van der Waals surface area contributed by atoms with Crippen molar-refractivity contribution in [1.29, 1.82) is 0 Å². The molecular formula is C15H35NO. The molecule has 1 aliphatic rings. The Morgan fingerprint density at radius 1 is 1.06 bits per heavy atom. The lowest BCUT2D eigenvalue weighted by Crippen LogP contribution is -2.32. The predicted octanol–water partition coefficient (Wildman–Crippen LogP) is 4.20. The molecule has 1 saturated heterocycles. The van der Waals surface area contributed by atoms with E-state index in [1.165, 1.54) is 32.4 Å². The minimum Gasteiger partial charge on any atom is -0.381 e. The van der Waals surface area contributed by atoms with Crippen molar-refractivity contribution >= 4 is 0 Å². The van der Waals surface area contributed by atoms with Crippen LogP contribution in [0.25, 0.3) is 0 Å². The summed E-state index contributed by atoms with van der Waals surface area (Å²) < 4.78 is 5.54. The van der Waals surface area contributed by atoms with E-state index in [9.17, 15) is 0 Å². The summed E-state index contributed by atoms with van der Waals surface area (Å²) in [6, 6.07) is 0. The number of hydrogen-bond donors (Lipinski definition) is 0. The lowest BCUT2D eigenvalue weighted by Gasteiger charge is -2.28. The van der Waals surface area contributed by atoms with Crippen LogP contribution in [0.4, 0.5) is 0 Å². The SMILES string of the molecule is CC.CCC.CCCOCC1CCN(C)CC1. The highest BCUT2D eigenvalue weighted by Gasteiger charge is 2.15. The van der Waals surface area contributed by atoms with Crippen molar-refractivity contribution in [1.82, 2.24) is 4.90 Å². The highest BCUT2D eigenvalue weighted by atomic mass is 16.5. The first-order valence-electron chi connectivity index (χ1n) is 7.50. The van der Waals surface area contributed by atoms with Crippen LogP contribution in [0.3, 0.4) is 0 Å². The van der Waals surface area contributed by atoms with Gasteiger partial charge in [-0.05, 0) is 45.3 Å². The van der Waals surface area contributed by atoms with Gasteiger partial charge in [-0.3, -0.25) is 0 Å². The maximum atomic E-state index is 5.54. The third-order valence-corrected chi connectivity index (χ3v) is 2.54. The fourth-order valence-electron chi connectivity index (χ4n) is 1.62. The molecule has 0 aliphatic carbocycles. The Bertz CT molecular complexity index is 120. The maximum absolute atomic E-state index is 5.54. The molecule has 0 aromatic rings. The van der Waals surface area contributed by atoms with E-state index >= 15 is 0 Å². The smallest absolute Gasteiger partial charge is 0.0495 e. The van der Waals surface area contributed by atoms with Gasteiger partial charge in [0.05, 0.1) is 0 Å². The fraction of sp³-hybridized carbons (Fsp3) is 1.00. The van der Waals surface area contributed by atoms with Gasteiger partial charge in [0, 0.05) is 13.2 Å². The highest BCUT2D eigenvalue weighted by molar-refractivity contribution is 4.69. The zero-order valence-electron chi connectivity index (χ0n) is 13.1. The van der Waals surface area contributed by atoms with Gasteiger partial charge >= 0.3 is 0 Å². The molecule has 0 spiro atoms. The summed E-state index contributed by atoms with van der Waals surface area (Å²) in [4.78, 5) is 2.40. The molecule has 0 saturated carbocycles. The quantitative estimate of drug-likeness (QED) is 0.688. The second-order valence-electron chi connectivity index (χ2n) is 4.53. The van der Waals surface area contributed by atoms with E-state index in [4.69, 9.17) is 4.74 Å². The molecule has 0 bridgehead atoms. The average Bonchev–Trinajstić information content (AvgIpc) is 2.36. The van der Waals surface area contributed by atoms with E-state index in [-0.39, 0.29) is 0 Å². The van der Waals surface area contributed by atoms with E-state index in [0.717, 1.165) is 25.6 Å². The van der Waals surface area contributed by atoms with Crippen LogP contribution in [-0.2, 0) is 4.74 Å². The molecule has 0 atom stereocenters. The molecule has 1 fully saturated rings. The Hall–Kier alpha value is -0.0800. The molecule has 0 unspecified atom stereocenters. The molecule has 0 amide bonds. The van der Waals surface area contributed by atoms with Crippen LogP contribution in [0.1, 0.15) is 60.3 Å². The maximum Gasteiger partial charge on any atom is 0.0495 e. The zero-order chi connectivity index (χ0) is 13.5. The molecule has 17 heavy (non-hydrogen) atoms. The van der Waals surface area contributed by atoms with Gasteiger partial charge in [0.15, 0.2) is 0 Å². The summed E-state index contributed by atoms with van der Waals surface area (Å²) in [6.45, 7) is 14.8. The van der Waals surface area contributed by atoms with Crippen molar-refractivity contribution in [3.05, 3.63) is 0 Å². The van der Waals surface area contributed by atoms with Gasteiger partial charge in [-0.25, -0.2) is 0 Å². The fourth-order valence-corrected chi connectivity index (χ4v) is 1.62. The normalized spacial score (nSPS) is 16.6. The second kappa shape index (κ2) is 15.9. The molecule has 0 radical (unpaired) electrons. The lowest BCUT2D eigenvalue weighted by molar-refractivity contribution is 0.0726. The van der Waals surface area contributed by atoms with Crippen LogP contribution >= 0.6 is 0 Å². The molecule has 1 rings (SSSR count). The number of likely N-dealkylation sites (tertiary alicyclic amines) is 1. The minimum atomic E-state index is 0.827. The first-order valence-corrected chi connectivity index (χ1v) is 7.50. The summed E-state index contributed by atoms with van der Waals surface area (Å²) in [5.74, 6) is 0.827. The van der Waals surface area contributed by atoms with Crippen LogP contribution < -0.4 is 0 Å². The summed E-state index contributed by atoms with van der Waals surface area (Å²) in [5.41, 5.74) is 0. The zero-order valence-corrected chi connectivity index (χ0v) is 13.1. The first kappa shape index (κ1) is 19.3.